The van der Waals surface area contributed by atoms with Crippen molar-refractivity contribution in [3.8, 4) is 0 Å². The third-order valence-corrected chi connectivity index (χ3v) is 9.96. The van der Waals surface area contributed by atoms with Crippen LogP contribution >= 0.6 is 7.82 Å². The van der Waals surface area contributed by atoms with Gasteiger partial charge in [-0.1, -0.05) is 152 Å². The van der Waals surface area contributed by atoms with E-state index in [9.17, 15) is 19.4 Å². The summed E-state index contributed by atoms with van der Waals surface area (Å²) in [5.41, 5.74) is 0. The van der Waals surface area contributed by atoms with Gasteiger partial charge in [0.2, 0.25) is 5.91 Å². The number of phosphoric ester groups is 1. The van der Waals surface area contributed by atoms with Crippen molar-refractivity contribution in [3.63, 3.8) is 0 Å². The standard InChI is InChI=1S/C44H81N2O6P/c1-6-8-10-12-14-16-18-20-22-24-25-27-29-31-33-35-37-43(47)42(41-52-53(49,50)51-40-39-46(3,4)5)45-44(48)38-36-34-32-30-28-26-23-21-19-17-15-13-11-9-7-2/h9,11,15,17,21,23,27,29,35,37,42-43,47H,6-8,10,12-14,16,18-20,22,24-26,28,30-34,36,38-41H2,1-5H3,(H-,45,48,49,50)/p+1/b11-9-,17-15-,23-21-,29-27+,37-35+. The van der Waals surface area contributed by atoms with Crippen molar-refractivity contribution in [3.05, 3.63) is 60.8 Å². The molecule has 0 aliphatic heterocycles. The number of nitrogens with zero attached hydrogens (tertiary/aromatic N) is 1. The Morgan fingerprint density at radius 3 is 1.74 bits per heavy atom. The van der Waals surface area contributed by atoms with Crippen LogP contribution in [0, 0.1) is 0 Å². The van der Waals surface area contributed by atoms with Gasteiger partial charge in [0.1, 0.15) is 13.2 Å². The minimum absolute atomic E-state index is 0.0499. The molecule has 0 aliphatic rings. The molecular weight excluding hydrogens is 683 g/mol. The van der Waals surface area contributed by atoms with Gasteiger partial charge in [-0.05, 0) is 64.2 Å². The Bertz CT molecular complexity index is 1050. The highest BCUT2D eigenvalue weighted by Crippen LogP contribution is 2.43. The Kier molecular flexibility index (Phi) is 34.7. The van der Waals surface area contributed by atoms with Gasteiger partial charge in [-0.25, -0.2) is 4.57 Å². The van der Waals surface area contributed by atoms with Crippen molar-refractivity contribution in [2.75, 3.05) is 40.9 Å². The quantitative estimate of drug-likeness (QED) is 0.0252. The Hall–Kier alpha value is -1.80. The maximum absolute atomic E-state index is 12.8. The molecule has 0 radical (unpaired) electrons. The zero-order chi connectivity index (χ0) is 39.3. The van der Waals surface area contributed by atoms with Crippen LogP contribution < -0.4 is 5.32 Å². The van der Waals surface area contributed by atoms with Gasteiger partial charge in [0.05, 0.1) is 39.9 Å². The summed E-state index contributed by atoms with van der Waals surface area (Å²) in [5.74, 6) is -0.208. The molecule has 0 saturated heterocycles. The maximum atomic E-state index is 12.8. The second-order valence-corrected chi connectivity index (χ2v) is 16.8. The van der Waals surface area contributed by atoms with E-state index in [0.29, 0.717) is 17.4 Å². The zero-order valence-electron chi connectivity index (χ0n) is 34.7. The SMILES string of the molecule is CC/C=C\C/C=C\C/C=C\CCCCCCCC(=O)NC(COP(=O)(O)OCC[N+](C)(C)C)C(O)/C=C/CC/C=C/CCCCCCCCCCCC. The van der Waals surface area contributed by atoms with Crippen LogP contribution in [0.1, 0.15) is 162 Å². The average Bonchev–Trinajstić information content (AvgIpc) is 3.10. The van der Waals surface area contributed by atoms with E-state index in [2.05, 4.69) is 67.8 Å². The molecule has 0 fully saturated rings. The van der Waals surface area contributed by atoms with Crippen LogP contribution in [0.25, 0.3) is 0 Å². The van der Waals surface area contributed by atoms with E-state index in [-0.39, 0.29) is 19.1 Å². The van der Waals surface area contributed by atoms with E-state index in [1.54, 1.807) is 6.08 Å². The number of aliphatic hydroxyl groups excluding tert-OH is 1. The lowest BCUT2D eigenvalue weighted by molar-refractivity contribution is -0.870. The maximum Gasteiger partial charge on any atom is 0.472 e. The molecule has 0 heterocycles. The number of rotatable bonds is 37. The second-order valence-electron chi connectivity index (χ2n) is 15.3. The summed E-state index contributed by atoms with van der Waals surface area (Å²) in [6.07, 6.45) is 45.7. The summed E-state index contributed by atoms with van der Waals surface area (Å²) < 4.78 is 23.5. The molecule has 0 spiro atoms. The van der Waals surface area contributed by atoms with Crippen LogP contribution in [0.5, 0.6) is 0 Å². The number of aliphatic hydroxyl groups is 1. The monoisotopic (exact) mass is 766 g/mol. The first-order valence-corrected chi connectivity index (χ1v) is 22.7. The number of nitrogens with one attached hydrogen (secondary N) is 1. The fourth-order valence-corrected chi connectivity index (χ4v) is 6.33. The van der Waals surface area contributed by atoms with Crippen LogP contribution in [0.3, 0.4) is 0 Å². The summed E-state index contributed by atoms with van der Waals surface area (Å²) in [6.45, 7) is 4.64. The minimum atomic E-state index is -4.35. The van der Waals surface area contributed by atoms with Crippen LogP contribution in [0.15, 0.2) is 60.8 Å². The van der Waals surface area contributed by atoms with Gasteiger partial charge in [-0.3, -0.25) is 13.8 Å². The molecule has 8 nitrogen and oxygen atoms in total. The number of carbonyl (C=O) groups is 1. The number of hydrogen-bond acceptors (Lipinski definition) is 5. The predicted molar refractivity (Wildman–Crippen MR) is 226 cm³/mol. The molecule has 1 amide bonds. The lowest BCUT2D eigenvalue weighted by Gasteiger charge is -2.25. The molecule has 3 unspecified atom stereocenters. The lowest BCUT2D eigenvalue weighted by Crippen LogP contribution is -2.45. The summed E-state index contributed by atoms with van der Waals surface area (Å²) in [7, 11) is 1.53. The van der Waals surface area contributed by atoms with Gasteiger partial charge in [0.25, 0.3) is 0 Å². The molecule has 0 aromatic heterocycles. The number of unbranched alkanes of at least 4 members (excludes halogenated alkanes) is 16. The summed E-state index contributed by atoms with van der Waals surface area (Å²) in [6, 6.07) is -0.873. The smallest absolute Gasteiger partial charge is 0.387 e. The van der Waals surface area contributed by atoms with Crippen molar-refractivity contribution in [1.29, 1.82) is 0 Å². The van der Waals surface area contributed by atoms with E-state index in [4.69, 9.17) is 9.05 Å². The summed E-state index contributed by atoms with van der Waals surface area (Å²) >= 11 is 0. The lowest BCUT2D eigenvalue weighted by atomic mass is 10.1. The molecule has 0 bridgehead atoms. The Balaban J connectivity index is 4.56. The van der Waals surface area contributed by atoms with E-state index >= 15 is 0 Å². The highest BCUT2D eigenvalue weighted by molar-refractivity contribution is 7.47. The fraction of sp³-hybridized carbons (Fsp3) is 0.750. The number of likely N-dealkylation sites (N-methyl/N-ethyl adjacent to an activating group) is 1. The molecular formula is C44H82N2O6P+. The second kappa shape index (κ2) is 35.9. The Morgan fingerprint density at radius 1 is 0.660 bits per heavy atom. The fourth-order valence-electron chi connectivity index (χ4n) is 5.60. The molecule has 0 aromatic rings. The van der Waals surface area contributed by atoms with Crippen LogP contribution in [0.4, 0.5) is 0 Å². The molecule has 3 N–H and O–H groups in total. The van der Waals surface area contributed by atoms with Gasteiger partial charge in [-0.15, -0.1) is 0 Å². The molecule has 9 heteroatoms. The van der Waals surface area contributed by atoms with E-state index in [1.165, 1.54) is 64.2 Å². The van der Waals surface area contributed by atoms with E-state index in [0.717, 1.165) is 77.0 Å². The first kappa shape index (κ1) is 51.2. The first-order chi connectivity index (χ1) is 25.5. The molecule has 308 valence electrons. The molecule has 0 aliphatic carbocycles. The van der Waals surface area contributed by atoms with Crippen molar-refractivity contribution < 1.29 is 32.9 Å². The average molecular weight is 766 g/mol. The van der Waals surface area contributed by atoms with Crippen LogP contribution in [0.2, 0.25) is 0 Å². The van der Waals surface area contributed by atoms with Gasteiger partial charge in [0.15, 0.2) is 0 Å². The normalized spacial score (nSPS) is 15.1. The number of allylic oxidation sites excluding steroid dienone is 9. The predicted octanol–water partition coefficient (Wildman–Crippen LogP) is 11.5. The van der Waals surface area contributed by atoms with Crippen LogP contribution in [-0.2, 0) is 18.4 Å². The molecule has 53 heavy (non-hydrogen) atoms. The first-order valence-electron chi connectivity index (χ1n) is 21.2. The number of carbonyl (C=O) groups excluding carboxylic acids is 1. The number of quaternary nitrogens is 1. The Labute approximate surface area is 326 Å². The highest BCUT2D eigenvalue weighted by Gasteiger charge is 2.27. The largest absolute Gasteiger partial charge is 0.472 e. The van der Waals surface area contributed by atoms with E-state index in [1.807, 2.05) is 27.2 Å². The minimum Gasteiger partial charge on any atom is -0.387 e. The van der Waals surface area contributed by atoms with E-state index < -0.39 is 20.0 Å². The van der Waals surface area contributed by atoms with Gasteiger partial charge >= 0.3 is 7.82 Å². The number of hydrogen-bond donors (Lipinski definition) is 3. The molecule has 0 aromatic carbocycles. The molecule has 3 atom stereocenters. The highest BCUT2D eigenvalue weighted by atomic mass is 31.2. The molecule has 0 saturated carbocycles. The number of amides is 1. The zero-order valence-corrected chi connectivity index (χ0v) is 35.6. The third kappa shape index (κ3) is 38.3. The molecule has 0 rings (SSSR count). The topological polar surface area (TPSA) is 105 Å². The van der Waals surface area contributed by atoms with Crippen LogP contribution in [-0.4, -0.2) is 73.4 Å². The van der Waals surface area contributed by atoms with Gasteiger partial charge in [0, 0.05) is 6.42 Å². The van der Waals surface area contributed by atoms with Gasteiger partial charge < -0.3 is 19.8 Å². The summed E-state index contributed by atoms with van der Waals surface area (Å²) in [4.78, 5) is 23.1. The van der Waals surface area contributed by atoms with Crippen molar-refractivity contribution in [2.45, 2.75) is 174 Å². The van der Waals surface area contributed by atoms with Gasteiger partial charge in [-0.2, -0.15) is 0 Å². The third-order valence-electron chi connectivity index (χ3n) is 8.97. The Morgan fingerprint density at radius 2 is 1.15 bits per heavy atom. The summed E-state index contributed by atoms with van der Waals surface area (Å²) in [5, 5.41) is 13.8. The van der Waals surface area contributed by atoms with Crippen molar-refractivity contribution in [2.24, 2.45) is 0 Å². The van der Waals surface area contributed by atoms with Crippen molar-refractivity contribution >= 4 is 13.7 Å². The number of phosphoric acid groups is 1. The van der Waals surface area contributed by atoms with Crippen molar-refractivity contribution in [1.82, 2.24) is 5.32 Å².